The molecule has 3 aromatic rings. The lowest BCUT2D eigenvalue weighted by Crippen LogP contribution is -2.15. The monoisotopic (exact) mass is 445 g/mol. The number of hydrogen-bond donors (Lipinski definition) is 2. The summed E-state index contributed by atoms with van der Waals surface area (Å²) < 4.78 is 41.5. The van der Waals surface area contributed by atoms with E-state index in [1.807, 2.05) is 13.0 Å². The molecule has 27 heavy (non-hydrogen) atoms. The highest BCUT2D eigenvalue weighted by molar-refractivity contribution is 7.93. The molecule has 1 atom stereocenters. The first-order chi connectivity index (χ1) is 12.8. The first-order valence-corrected chi connectivity index (χ1v) is 10.8. The second-order valence-electron chi connectivity index (χ2n) is 5.63. The van der Waals surface area contributed by atoms with E-state index >= 15 is 0 Å². The number of hydrogen-bond acceptors (Lipinski definition) is 5. The molecule has 142 valence electrons. The topological polar surface area (TPSA) is 71.1 Å². The van der Waals surface area contributed by atoms with Gasteiger partial charge < -0.3 is 5.32 Å². The SMILES string of the molecule is C[C@H](Nc1cc(F)c(S(=O)(=O)Nc2nccs2)cc1Cl)c1cccc(Cl)c1. The molecule has 0 aliphatic rings. The second-order valence-corrected chi connectivity index (χ2v) is 9.02. The maximum absolute atomic E-state index is 14.5. The molecular formula is C17H14Cl2FN3O2S2. The molecule has 2 N–H and O–H groups in total. The van der Waals surface area contributed by atoms with Gasteiger partial charge in [-0.15, -0.1) is 11.3 Å². The third-order valence-electron chi connectivity index (χ3n) is 3.69. The number of aromatic nitrogens is 1. The lowest BCUT2D eigenvalue weighted by atomic mass is 10.1. The highest BCUT2D eigenvalue weighted by Crippen LogP contribution is 2.32. The second kappa shape index (κ2) is 8.02. The van der Waals surface area contributed by atoms with Gasteiger partial charge in [-0.3, -0.25) is 4.72 Å². The van der Waals surface area contributed by atoms with E-state index < -0.39 is 20.7 Å². The molecule has 0 saturated carbocycles. The Morgan fingerprint density at radius 2 is 2.00 bits per heavy atom. The van der Waals surface area contributed by atoms with E-state index in [0.29, 0.717) is 5.02 Å². The number of halogens is 3. The van der Waals surface area contributed by atoms with Crippen molar-refractivity contribution in [2.24, 2.45) is 0 Å². The number of nitrogens with one attached hydrogen (secondary N) is 2. The van der Waals surface area contributed by atoms with Gasteiger partial charge in [-0.2, -0.15) is 0 Å². The Morgan fingerprint density at radius 3 is 2.67 bits per heavy atom. The van der Waals surface area contributed by atoms with Gasteiger partial charge in [-0.25, -0.2) is 17.8 Å². The van der Waals surface area contributed by atoms with Crippen molar-refractivity contribution in [1.29, 1.82) is 0 Å². The van der Waals surface area contributed by atoms with Gasteiger partial charge in [0.1, 0.15) is 10.7 Å². The quantitative estimate of drug-likeness (QED) is 0.520. The average Bonchev–Trinajstić information content (AvgIpc) is 3.09. The molecule has 0 aliphatic carbocycles. The molecule has 3 rings (SSSR count). The molecule has 10 heteroatoms. The molecule has 0 saturated heterocycles. The van der Waals surface area contributed by atoms with Crippen LogP contribution >= 0.6 is 34.5 Å². The normalized spacial score (nSPS) is 12.6. The van der Waals surface area contributed by atoms with Gasteiger partial charge >= 0.3 is 0 Å². The third-order valence-corrected chi connectivity index (χ3v) is 6.41. The fourth-order valence-corrected chi connectivity index (χ4v) is 4.74. The zero-order valence-electron chi connectivity index (χ0n) is 13.9. The Bertz CT molecular complexity index is 1060. The smallest absolute Gasteiger partial charge is 0.266 e. The number of anilines is 2. The van der Waals surface area contributed by atoms with Crippen molar-refractivity contribution in [3.8, 4) is 0 Å². The molecule has 0 amide bonds. The highest BCUT2D eigenvalue weighted by Gasteiger charge is 2.23. The van der Waals surface area contributed by atoms with Crippen LogP contribution in [0.2, 0.25) is 10.0 Å². The van der Waals surface area contributed by atoms with Gasteiger partial charge in [0.05, 0.1) is 10.7 Å². The highest BCUT2D eigenvalue weighted by atomic mass is 35.5. The predicted octanol–water partition coefficient (Wildman–Crippen LogP) is 5.56. The van der Waals surface area contributed by atoms with Gasteiger partial charge in [0.15, 0.2) is 5.13 Å². The molecule has 1 heterocycles. The third kappa shape index (κ3) is 4.70. The van der Waals surface area contributed by atoms with Crippen molar-refractivity contribution in [3.05, 3.63) is 69.4 Å². The average molecular weight is 446 g/mol. The van der Waals surface area contributed by atoms with Crippen LogP contribution in [0.5, 0.6) is 0 Å². The Kier molecular flexibility index (Phi) is 5.90. The molecule has 0 unspecified atom stereocenters. The van der Waals surface area contributed by atoms with E-state index in [9.17, 15) is 12.8 Å². The minimum Gasteiger partial charge on any atom is -0.377 e. The van der Waals surface area contributed by atoms with E-state index in [4.69, 9.17) is 23.2 Å². The summed E-state index contributed by atoms with van der Waals surface area (Å²) in [5.41, 5.74) is 1.15. The van der Waals surface area contributed by atoms with Crippen LogP contribution in [-0.4, -0.2) is 13.4 Å². The van der Waals surface area contributed by atoms with Crippen LogP contribution in [-0.2, 0) is 10.0 Å². The summed E-state index contributed by atoms with van der Waals surface area (Å²) in [7, 11) is -4.15. The summed E-state index contributed by atoms with van der Waals surface area (Å²) in [6.07, 6.45) is 1.44. The van der Waals surface area contributed by atoms with Crippen LogP contribution in [0, 0.1) is 5.82 Å². The van der Waals surface area contributed by atoms with Crippen molar-refractivity contribution in [2.75, 3.05) is 10.0 Å². The summed E-state index contributed by atoms with van der Waals surface area (Å²) in [4.78, 5) is 3.27. The van der Waals surface area contributed by atoms with E-state index in [1.54, 1.807) is 23.6 Å². The zero-order chi connectivity index (χ0) is 19.6. The first kappa shape index (κ1) is 19.9. The van der Waals surface area contributed by atoms with Crippen molar-refractivity contribution in [1.82, 2.24) is 4.98 Å². The van der Waals surface area contributed by atoms with E-state index in [2.05, 4.69) is 15.0 Å². The summed E-state index contributed by atoms with van der Waals surface area (Å²) in [5.74, 6) is -0.927. The summed E-state index contributed by atoms with van der Waals surface area (Å²) >= 11 is 13.3. The van der Waals surface area contributed by atoms with Gasteiger partial charge in [0.2, 0.25) is 0 Å². The number of benzene rings is 2. The van der Waals surface area contributed by atoms with Crippen LogP contribution in [0.15, 0.2) is 52.9 Å². The molecule has 0 spiro atoms. The lowest BCUT2D eigenvalue weighted by molar-refractivity contribution is 0.570. The van der Waals surface area contributed by atoms with Crippen LogP contribution in [0.3, 0.4) is 0 Å². The molecule has 0 aliphatic heterocycles. The predicted molar refractivity (Wildman–Crippen MR) is 108 cm³/mol. The fourth-order valence-electron chi connectivity index (χ4n) is 2.38. The van der Waals surface area contributed by atoms with Crippen molar-refractivity contribution in [2.45, 2.75) is 17.9 Å². The Labute approximate surface area is 170 Å². The van der Waals surface area contributed by atoms with Crippen LogP contribution in [0.25, 0.3) is 0 Å². The standard InChI is InChI=1S/C17H14Cl2FN3O2S2/c1-10(11-3-2-4-12(18)7-11)22-15-9-14(20)16(8-13(15)19)27(24,25)23-17-21-5-6-26-17/h2-10,22H,1H3,(H,21,23)/t10-/m0/s1. The fraction of sp³-hybridized carbons (Fsp3) is 0.118. The van der Waals surface area contributed by atoms with Gasteiger partial charge in [-0.05, 0) is 36.8 Å². The number of rotatable bonds is 6. The molecule has 1 aromatic heterocycles. The minimum absolute atomic E-state index is 0.0739. The maximum Gasteiger partial charge on any atom is 0.266 e. The van der Waals surface area contributed by atoms with Crippen LogP contribution in [0.1, 0.15) is 18.5 Å². The van der Waals surface area contributed by atoms with Crippen molar-refractivity contribution < 1.29 is 12.8 Å². The Morgan fingerprint density at radius 1 is 1.22 bits per heavy atom. The summed E-state index contributed by atoms with van der Waals surface area (Å²) in [6, 6.07) is 9.10. The lowest BCUT2D eigenvalue weighted by Gasteiger charge is -2.18. The molecule has 0 bridgehead atoms. The molecule has 0 radical (unpaired) electrons. The van der Waals surface area contributed by atoms with E-state index in [-0.39, 0.29) is 21.9 Å². The van der Waals surface area contributed by atoms with Crippen molar-refractivity contribution >= 4 is 55.4 Å². The number of thiazole rings is 1. The largest absolute Gasteiger partial charge is 0.377 e. The molecule has 0 fully saturated rings. The number of nitrogens with zero attached hydrogens (tertiary/aromatic N) is 1. The van der Waals surface area contributed by atoms with Crippen LogP contribution in [0.4, 0.5) is 15.2 Å². The maximum atomic E-state index is 14.5. The van der Waals surface area contributed by atoms with Gasteiger partial charge in [-0.1, -0.05) is 35.3 Å². The van der Waals surface area contributed by atoms with Gasteiger partial charge in [0, 0.05) is 22.6 Å². The van der Waals surface area contributed by atoms with Crippen LogP contribution < -0.4 is 10.0 Å². The Hall–Kier alpha value is -1.87. The molecule has 2 aromatic carbocycles. The van der Waals surface area contributed by atoms with E-state index in [1.165, 1.54) is 6.20 Å². The van der Waals surface area contributed by atoms with Crippen molar-refractivity contribution in [3.63, 3.8) is 0 Å². The zero-order valence-corrected chi connectivity index (χ0v) is 17.1. The van der Waals surface area contributed by atoms with E-state index in [0.717, 1.165) is 29.0 Å². The first-order valence-electron chi connectivity index (χ1n) is 7.69. The minimum atomic E-state index is -4.15. The summed E-state index contributed by atoms with van der Waals surface area (Å²) in [5, 5.41) is 5.46. The molecule has 5 nitrogen and oxygen atoms in total. The van der Waals surface area contributed by atoms with Gasteiger partial charge in [0.25, 0.3) is 10.0 Å². The Balaban J connectivity index is 1.86. The molecular weight excluding hydrogens is 432 g/mol. The summed E-state index contributed by atoms with van der Waals surface area (Å²) in [6.45, 7) is 1.86. The number of sulfonamides is 1.